The van der Waals surface area contributed by atoms with Crippen LogP contribution >= 0.6 is 0 Å². The maximum atomic E-state index is 13.1. The summed E-state index contributed by atoms with van der Waals surface area (Å²) in [6.07, 6.45) is 12.5. The molecule has 8 saturated carbocycles. The van der Waals surface area contributed by atoms with Crippen LogP contribution in [0, 0.1) is 51.8 Å². The third-order valence-electron chi connectivity index (χ3n) is 10.3. The van der Waals surface area contributed by atoms with Gasteiger partial charge in [-0.25, -0.2) is 0 Å². The molecule has 27 heavy (non-hydrogen) atoms. The van der Waals surface area contributed by atoms with Crippen molar-refractivity contribution < 1.29 is 19.8 Å². The van der Waals surface area contributed by atoms with Crippen LogP contribution in [-0.4, -0.2) is 22.2 Å². The predicted molar refractivity (Wildman–Crippen MR) is 98.9 cm³/mol. The summed E-state index contributed by atoms with van der Waals surface area (Å²) in [5.41, 5.74) is -2.54. The van der Waals surface area contributed by atoms with E-state index >= 15 is 0 Å². The number of carboxylic acid groups (broad SMARTS) is 2. The van der Waals surface area contributed by atoms with E-state index in [1.807, 2.05) is 0 Å². The van der Waals surface area contributed by atoms with Gasteiger partial charge in [0, 0.05) is 0 Å². The largest absolute Gasteiger partial charge is 0.480 e. The van der Waals surface area contributed by atoms with E-state index in [1.54, 1.807) is 0 Å². The minimum atomic E-state index is -1.55. The molecule has 8 aliphatic carbocycles. The Kier molecular flexibility index (Phi) is 3.18. The van der Waals surface area contributed by atoms with E-state index in [1.165, 1.54) is 38.5 Å². The predicted octanol–water partition coefficient (Wildman–Crippen LogP) is 4.57. The van der Waals surface area contributed by atoms with Gasteiger partial charge in [0.15, 0.2) is 5.41 Å². The number of hydrogen-bond donors (Lipinski definition) is 2. The molecule has 0 atom stereocenters. The highest BCUT2D eigenvalue weighted by atomic mass is 16.4. The molecule has 0 spiro atoms. The fraction of sp³-hybridized carbons (Fsp3) is 0.913. The van der Waals surface area contributed by atoms with Gasteiger partial charge in [-0.05, 0) is 123 Å². The molecule has 0 aliphatic heterocycles. The molecule has 8 rings (SSSR count). The van der Waals surface area contributed by atoms with E-state index < -0.39 is 28.2 Å². The molecule has 0 heterocycles. The molecule has 0 aromatic rings. The maximum Gasteiger partial charge on any atom is 0.322 e. The van der Waals surface area contributed by atoms with Crippen LogP contribution in [0.15, 0.2) is 0 Å². The SMILES string of the molecule is O=C(O)C(C(=O)O)(C12CC3CC(CC(C3)C1)C2)C12CC3CC(CC(C3)C1)C2. The molecule has 4 nitrogen and oxygen atoms in total. The first-order valence-corrected chi connectivity index (χ1v) is 11.3. The first-order chi connectivity index (χ1) is 12.9. The van der Waals surface area contributed by atoms with Gasteiger partial charge < -0.3 is 10.2 Å². The van der Waals surface area contributed by atoms with Gasteiger partial charge in [0.1, 0.15) is 0 Å². The normalized spacial score (nSPS) is 52.3. The van der Waals surface area contributed by atoms with Crippen molar-refractivity contribution in [2.75, 3.05) is 0 Å². The van der Waals surface area contributed by atoms with Crippen molar-refractivity contribution in [2.24, 2.45) is 51.8 Å². The lowest BCUT2D eigenvalue weighted by Crippen LogP contribution is -2.70. The molecule has 0 saturated heterocycles. The van der Waals surface area contributed by atoms with E-state index in [9.17, 15) is 19.8 Å². The van der Waals surface area contributed by atoms with Crippen molar-refractivity contribution >= 4 is 11.9 Å². The summed E-state index contributed by atoms with van der Waals surface area (Å²) in [5.74, 6) is 1.46. The molecular formula is C23H32O4. The zero-order valence-electron chi connectivity index (χ0n) is 16.2. The Morgan fingerprint density at radius 3 is 0.963 bits per heavy atom. The number of carboxylic acids is 2. The van der Waals surface area contributed by atoms with Crippen LogP contribution in [0.4, 0.5) is 0 Å². The van der Waals surface area contributed by atoms with Crippen LogP contribution in [0.3, 0.4) is 0 Å². The van der Waals surface area contributed by atoms with E-state index in [2.05, 4.69) is 0 Å². The highest BCUT2D eigenvalue weighted by molar-refractivity contribution is 6.00. The second-order valence-electron chi connectivity index (χ2n) is 11.8. The molecule has 148 valence electrons. The summed E-state index contributed by atoms with van der Waals surface area (Å²) in [4.78, 5) is 26.2. The molecule has 0 radical (unpaired) electrons. The lowest BCUT2D eigenvalue weighted by atomic mass is 9.33. The van der Waals surface area contributed by atoms with Crippen molar-refractivity contribution in [1.29, 1.82) is 0 Å². The number of carbonyl (C=O) groups is 2. The Morgan fingerprint density at radius 1 is 0.556 bits per heavy atom. The summed E-state index contributed by atoms with van der Waals surface area (Å²) in [7, 11) is 0. The van der Waals surface area contributed by atoms with Gasteiger partial charge in [-0.15, -0.1) is 0 Å². The fourth-order valence-corrected chi connectivity index (χ4v) is 10.7. The summed E-state index contributed by atoms with van der Waals surface area (Å²) < 4.78 is 0. The molecule has 4 heteroatoms. The van der Waals surface area contributed by atoms with Crippen LogP contribution in [0.5, 0.6) is 0 Å². The third kappa shape index (κ3) is 1.91. The van der Waals surface area contributed by atoms with Crippen molar-refractivity contribution in [3.63, 3.8) is 0 Å². The van der Waals surface area contributed by atoms with Gasteiger partial charge in [0.25, 0.3) is 0 Å². The molecule has 0 aromatic carbocycles. The quantitative estimate of drug-likeness (QED) is 0.709. The molecule has 8 bridgehead atoms. The summed E-state index contributed by atoms with van der Waals surface area (Å²) >= 11 is 0. The maximum absolute atomic E-state index is 13.1. The lowest BCUT2D eigenvalue weighted by molar-refractivity contribution is -0.240. The molecule has 0 aromatic heterocycles. The van der Waals surface area contributed by atoms with E-state index in [0.29, 0.717) is 35.5 Å². The second kappa shape index (κ2) is 5.10. The Bertz CT molecular complexity index is 577. The lowest BCUT2D eigenvalue weighted by Gasteiger charge is -2.69. The Labute approximate surface area is 161 Å². The Balaban J connectivity index is 1.54. The Hall–Kier alpha value is -1.06. The van der Waals surface area contributed by atoms with E-state index in [-0.39, 0.29) is 0 Å². The number of aliphatic carboxylic acids is 2. The van der Waals surface area contributed by atoms with Crippen LogP contribution in [0.1, 0.15) is 77.0 Å². The Morgan fingerprint density at radius 2 is 0.778 bits per heavy atom. The van der Waals surface area contributed by atoms with Crippen molar-refractivity contribution in [1.82, 2.24) is 0 Å². The van der Waals surface area contributed by atoms with E-state index in [4.69, 9.17) is 0 Å². The minimum Gasteiger partial charge on any atom is -0.480 e. The van der Waals surface area contributed by atoms with Gasteiger partial charge in [-0.2, -0.15) is 0 Å². The van der Waals surface area contributed by atoms with Crippen LogP contribution in [0.25, 0.3) is 0 Å². The fourth-order valence-electron chi connectivity index (χ4n) is 10.7. The van der Waals surface area contributed by atoms with Crippen molar-refractivity contribution in [2.45, 2.75) is 77.0 Å². The van der Waals surface area contributed by atoms with Crippen molar-refractivity contribution in [3.8, 4) is 0 Å². The van der Waals surface area contributed by atoms with Gasteiger partial charge in [0.05, 0.1) is 0 Å². The molecule has 2 N–H and O–H groups in total. The van der Waals surface area contributed by atoms with Gasteiger partial charge in [-0.3, -0.25) is 9.59 Å². The monoisotopic (exact) mass is 372 g/mol. The number of hydrogen-bond acceptors (Lipinski definition) is 2. The number of rotatable bonds is 4. The second-order valence-corrected chi connectivity index (χ2v) is 11.8. The zero-order valence-corrected chi connectivity index (χ0v) is 16.2. The molecule has 0 unspecified atom stereocenters. The molecule has 0 amide bonds. The third-order valence-corrected chi connectivity index (χ3v) is 10.3. The zero-order chi connectivity index (χ0) is 18.6. The average molecular weight is 373 g/mol. The summed E-state index contributed by atoms with van der Waals surface area (Å²) in [6, 6.07) is 0. The molecule has 8 fully saturated rings. The van der Waals surface area contributed by atoms with Gasteiger partial charge in [-0.1, -0.05) is 0 Å². The topological polar surface area (TPSA) is 74.6 Å². The molecule has 8 aliphatic rings. The highest BCUT2D eigenvalue weighted by Gasteiger charge is 2.77. The highest BCUT2D eigenvalue weighted by Crippen LogP contribution is 2.76. The average Bonchev–Trinajstić information content (AvgIpc) is 2.50. The smallest absolute Gasteiger partial charge is 0.322 e. The summed E-state index contributed by atoms with van der Waals surface area (Å²) in [5, 5.41) is 21.5. The van der Waals surface area contributed by atoms with Gasteiger partial charge >= 0.3 is 11.9 Å². The van der Waals surface area contributed by atoms with Gasteiger partial charge in [0.2, 0.25) is 0 Å². The summed E-state index contributed by atoms with van der Waals surface area (Å²) in [6.45, 7) is 0. The first-order valence-electron chi connectivity index (χ1n) is 11.3. The van der Waals surface area contributed by atoms with Crippen molar-refractivity contribution in [3.05, 3.63) is 0 Å². The minimum absolute atomic E-state index is 0.495. The molecular weight excluding hydrogens is 340 g/mol. The first kappa shape index (κ1) is 16.9. The van der Waals surface area contributed by atoms with Crippen LogP contribution in [0.2, 0.25) is 0 Å². The van der Waals surface area contributed by atoms with Crippen LogP contribution < -0.4 is 0 Å². The standard InChI is InChI=1S/C23H32O4/c24-19(25)23(20(26)27,21-7-13-1-14(8-21)3-15(2-13)9-21)22-10-16-4-17(11-22)6-18(5-16)12-22/h13-18H,1-12H2,(H,24,25)(H,26,27). The van der Waals surface area contributed by atoms with Crippen LogP contribution in [-0.2, 0) is 9.59 Å². The van der Waals surface area contributed by atoms with E-state index in [0.717, 1.165) is 38.5 Å².